The molecule has 4 rings (SSSR count). The molecule has 4 aromatic rings. The second-order valence-corrected chi connectivity index (χ2v) is 6.69. The number of nitrogens with one attached hydrogen (secondary N) is 1. The van der Waals surface area contributed by atoms with Crippen molar-refractivity contribution in [1.82, 2.24) is 5.43 Å². The monoisotopic (exact) mass is 414 g/mol. The maximum absolute atomic E-state index is 12.4. The predicted octanol–water partition coefficient (Wildman–Crippen LogP) is 4.36. The van der Waals surface area contributed by atoms with Gasteiger partial charge in [-0.05, 0) is 47.2 Å². The first-order valence-electron chi connectivity index (χ1n) is 9.39. The molecule has 1 amide bonds. The highest BCUT2D eigenvalue weighted by Gasteiger charge is 2.12. The summed E-state index contributed by atoms with van der Waals surface area (Å²) >= 11 is 0. The number of amides is 1. The van der Waals surface area contributed by atoms with Crippen molar-refractivity contribution in [1.29, 1.82) is 0 Å². The van der Waals surface area contributed by atoms with Crippen LogP contribution in [0.2, 0.25) is 0 Å². The summed E-state index contributed by atoms with van der Waals surface area (Å²) in [5.41, 5.74) is 3.73. The van der Waals surface area contributed by atoms with E-state index in [1.54, 1.807) is 42.5 Å². The first-order chi connectivity index (χ1) is 15.0. The van der Waals surface area contributed by atoms with Crippen LogP contribution in [0.1, 0.15) is 26.5 Å². The summed E-state index contributed by atoms with van der Waals surface area (Å²) in [5, 5.41) is 15.7. The van der Waals surface area contributed by atoms with E-state index in [0.29, 0.717) is 17.1 Å². The van der Waals surface area contributed by atoms with Crippen LogP contribution < -0.4 is 5.43 Å². The van der Waals surface area contributed by atoms with Gasteiger partial charge in [-0.1, -0.05) is 36.4 Å². The molecule has 0 spiro atoms. The van der Waals surface area contributed by atoms with E-state index in [-0.39, 0.29) is 11.3 Å². The highest BCUT2D eigenvalue weighted by Crippen LogP contribution is 2.25. The Morgan fingerprint density at radius 1 is 1.00 bits per heavy atom. The van der Waals surface area contributed by atoms with E-state index in [2.05, 4.69) is 15.3 Å². The van der Waals surface area contributed by atoms with Crippen LogP contribution in [0.15, 0.2) is 82.3 Å². The Labute approximate surface area is 177 Å². The van der Waals surface area contributed by atoms with Gasteiger partial charge in [0.2, 0.25) is 0 Å². The maximum atomic E-state index is 12.4. The molecule has 31 heavy (non-hydrogen) atoms. The molecule has 3 aromatic carbocycles. The summed E-state index contributed by atoms with van der Waals surface area (Å²) in [6.45, 7) is 0. The fourth-order valence-electron chi connectivity index (χ4n) is 3.09. The molecule has 154 valence electrons. The number of methoxy groups -OCH3 is 1. The summed E-state index contributed by atoms with van der Waals surface area (Å²) < 4.78 is 10.4. The standard InChI is InChI=1S/C24H18N2O5/c1-30-24(29)16-8-6-15(7-9-16)22-11-10-19(31-22)14-25-26-23(28)20-12-17-4-2-3-5-18(17)13-21(20)27/h2-14,27H,1H3,(H,26,28). The summed E-state index contributed by atoms with van der Waals surface area (Å²) in [6.07, 6.45) is 1.36. The average Bonchev–Trinajstić information content (AvgIpc) is 3.27. The van der Waals surface area contributed by atoms with Crippen molar-refractivity contribution in [3.63, 3.8) is 0 Å². The number of benzene rings is 3. The van der Waals surface area contributed by atoms with Gasteiger partial charge >= 0.3 is 5.97 Å². The molecule has 1 aromatic heterocycles. The Bertz CT molecular complexity index is 1290. The lowest BCUT2D eigenvalue weighted by atomic mass is 10.1. The number of phenolic OH excluding ortho intramolecular Hbond substituents is 1. The number of aromatic hydroxyl groups is 1. The van der Waals surface area contributed by atoms with Crippen molar-refractivity contribution in [3.05, 3.63) is 89.7 Å². The van der Waals surface area contributed by atoms with Gasteiger partial charge in [-0.2, -0.15) is 5.10 Å². The van der Waals surface area contributed by atoms with Crippen LogP contribution in [-0.4, -0.2) is 30.3 Å². The molecule has 0 atom stereocenters. The molecular formula is C24H18N2O5. The molecule has 0 bridgehead atoms. The number of furan rings is 1. The molecular weight excluding hydrogens is 396 g/mol. The molecule has 0 fully saturated rings. The molecule has 0 radical (unpaired) electrons. The van der Waals surface area contributed by atoms with E-state index < -0.39 is 11.9 Å². The first kappa shape index (κ1) is 19.9. The zero-order valence-electron chi connectivity index (χ0n) is 16.5. The summed E-state index contributed by atoms with van der Waals surface area (Å²) in [4.78, 5) is 23.9. The van der Waals surface area contributed by atoms with Crippen LogP contribution in [0.3, 0.4) is 0 Å². The van der Waals surface area contributed by atoms with Crippen LogP contribution in [0.5, 0.6) is 5.75 Å². The van der Waals surface area contributed by atoms with Gasteiger partial charge < -0.3 is 14.3 Å². The largest absolute Gasteiger partial charge is 0.507 e. The zero-order chi connectivity index (χ0) is 21.8. The van der Waals surface area contributed by atoms with Crippen LogP contribution in [0, 0.1) is 0 Å². The second-order valence-electron chi connectivity index (χ2n) is 6.69. The van der Waals surface area contributed by atoms with Crippen molar-refractivity contribution in [2.24, 2.45) is 5.10 Å². The van der Waals surface area contributed by atoms with Crippen molar-refractivity contribution >= 4 is 28.9 Å². The summed E-state index contributed by atoms with van der Waals surface area (Å²) in [7, 11) is 1.33. The lowest BCUT2D eigenvalue weighted by Gasteiger charge is -2.05. The molecule has 2 N–H and O–H groups in total. The smallest absolute Gasteiger partial charge is 0.337 e. The minimum atomic E-state index is -0.537. The van der Waals surface area contributed by atoms with E-state index in [4.69, 9.17) is 4.42 Å². The second kappa shape index (κ2) is 8.54. The van der Waals surface area contributed by atoms with Gasteiger partial charge in [-0.25, -0.2) is 10.2 Å². The number of phenols is 1. The minimum absolute atomic E-state index is 0.123. The predicted molar refractivity (Wildman–Crippen MR) is 116 cm³/mol. The number of ether oxygens (including phenoxy) is 1. The highest BCUT2D eigenvalue weighted by molar-refractivity contribution is 6.01. The molecule has 1 heterocycles. The number of hydrazone groups is 1. The third kappa shape index (κ3) is 4.30. The third-order valence-electron chi connectivity index (χ3n) is 4.68. The topological polar surface area (TPSA) is 101 Å². The Balaban J connectivity index is 1.44. The molecule has 0 aliphatic carbocycles. The molecule has 0 aliphatic heterocycles. The lowest BCUT2D eigenvalue weighted by molar-refractivity contribution is 0.0600. The fourth-order valence-corrected chi connectivity index (χ4v) is 3.09. The van der Waals surface area contributed by atoms with Crippen molar-refractivity contribution < 1.29 is 23.8 Å². The number of carbonyl (C=O) groups is 2. The number of nitrogens with zero attached hydrogens (tertiary/aromatic N) is 1. The van der Waals surface area contributed by atoms with Crippen molar-refractivity contribution in [2.45, 2.75) is 0 Å². The number of rotatable bonds is 5. The molecule has 7 nitrogen and oxygen atoms in total. The quantitative estimate of drug-likeness (QED) is 0.287. The van der Waals surface area contributed by atoms with E-state index in [1.807, 2.05) is 24.3 Å². The van der Waals surface area contributed by atoms with E-state index >= 15 is 0 Å². The number of hydrogen-bond donors (Lipinski definition) is 2. The van der Waals surface area contributed by atoms with E-state index in [9.17, 15) is 14.7 Å². The van der Waals surface area contributed by atoms with Gasteiger partial charge in [0.15, 0.2) is 0 Å². The van der Waals surface area contributed by atoms with Gasteiger partial charge in [-0.15, -0.1) is 0 Å². The van der Waals surface area contributed by atoms with Crippen LogP contribution >= 0.6 is 0 Å². The number of carbonyl (C=O) groups excluding carboxylic acids is 2. The Kier molecular flexibility index (Phi) is 5.49. The summed E-state index contributed by atoms with van der Waals surface area (Å²) in [5.74, 6) is -0.0646. The van der Waals surface area contributed by atoms with E-state index in [0.717, 1.165) is 16.3 Å². The average molecular weight is 414 g/mol. The van der Waals surface area contributed by atoms with Crippen LogP contribution in [-0.2, 0) is 4.74 Å². The van der Waals surface area contributed by atoms with Crippen LogP contribution in [0.4, 0.5) is 0 Å². The summed E-state index contributed by atoms with van der Waals surface area (Å²) in [6, 6.07) is 20.8. The van der Waals surface area contributed by atoms with Gasteiger partial charge in [0, 0.05) is 5.56 Å². The van der Waals surface area contributed by atoms with Gasteiger partial charge in [0.05, 0.1) is 24.5 Å². The van der Waals surface area contributed by atoms with Gasteiger partial charge in [0.25, 0.3) is 5.91 Å². The molecule has 0 saturated heterocycles. The first-order valence-corrected chi connectivity index (χ1v) is 9.39. The Hall–Kier alpha value is -4.39. The number of hydrogen-bond acceptors (Lipinski definition) is 6. The number of esters is 1. The highest BCUT2D eigenvalue weighted by atomic mass is 16.5. The SMILES string of the molecule is COC(=O)c1ccc(-c2ccc(C=NNC(=O)c3cc4ccccc4cc3O)o2)cc1. The van der Waals surface area contributed by atoms with E-state index in [1.165, 1.54) is 19.4 Å². The normalized spacial score (nSPS) is 11.0. The fraction of sp³-hybridized carbons (Fsp3) is 0.0417. The lowest BCUT2D eigenvalue weighted by Crippen LogP contribution is -2.17. The molecule has 0 aliphatic rings. The molecule has 0 unspecified atom stereocenters. The Morgan fingerprint density at radius 2 is 1.71 bits per heavy atom. The Morgan fingerprint density at radius 3 is 2.42 bits per heavy atom. The third-order valence-corrected chi connectivity index (χ3v) is 4.68. The minimum Gasteiger partial charge on any atom is -0.507 e. The van der Waals surface area contributed by atoms with Crippen LogP contribution in [0.25, 0.3) is 22.1 Å². The van der Waals surface area contributed by atoms with Gasteiger partial charge in [-0.3, -0.25) is 4.79 Å². The van der Waals surface area contributed by atoms with Crippen molar-refractivity contribution in [2.75, 3.05) is 7.11 Å². The van der Waals surface area contributed by atoms with Gasteiger partial charge in [0.1, 0.15) is 17.3 Å². The van der Waals surface area contributed by atoms with Crippen molar-refractivity contribution in [3.8, 4) is 17.1 Å². The maximum Gasteiger partial charge on any atom is 0.337 e. The number of fused-ring (bicyclic) bond motifs is 1. The molecule has 0 saturated carbocycles. The zero-order valence-corrected chi connectivity index (χ0v) is 16.5. The molecule has 7 heteroatoms.